The maximum absolute atomic E-state index is 10.9. The van der Waals surface area contributed by atoms with Gasteiger partial charge in [-0.3, -0.25) is 4.79 Å². The average Bonchev–Trinajstić information content (AvgIpc) is 2.11. The molecule has 78 valence electrons. The van der Waals surface area contributed by atoms with Gasteiger partial charge in [0.15, 0.2) is 0 Å². The highest BCUT2D eigenvalue weighted by Gasteiger charge is 1.99. The van der Waals surface area contributed by atoms with Gasteiger partial charge in [0, 0.05) is 19.6 Å². The summed E-state index contributed by atoms with van der Waals surface area (Å²) in [7, 11) is 0. The van der Waals surface area contributed by atoms with E-state index in [-0.39, 0.29) is 5.97 Å². The van der Waals surface area contributed by atoms with Crippen molar-refractivity contribution >= 4 is 5.97 Å². The van der Waals surface area contributed by atoms with E-state index < -0.39 is 0 Å². The van der Waals surface area contributed by atoms with E-state index in [9.17, 15) is 4.79 Å². The van der Waals surface area contributed by atoms with Gasteiger partial charge in [0.05, 0.1) is 6.61 Å². The van der Waals surface area contributed by atoms with Gasteiger partial charge in [-0.25, -0.2) is 0 Å². The Morgan fingerprint density at radius 3 is 2.54 bits per heavy atom. The quantitative estimate of drug-likeness (QED) is 0.432. The summed E-state index contributed by atoms with van der Waals surface area (Å²) < 4.78 is 10.1. The third-order valence-corrected chi connectivity index (χ3v) is 1.57. The Labute approximate surface area is 80.4 Å². The summed E-state index contributed by atoms with van der Waals surface area (Å²) in [6.07, 6.45) is 3.38. The molecule has 13 heavy (non-hydrogen) atoms. The van der Waals surface area contributed by atoms with Crippen molar-refractivity contribution in [1.29, 1.82) is 0 Å². The van der Waals surface area contributed by atoms with Crippen LogP contribution in [-0.2, 0) is 14.3 Å². The molecule has 0 fully saturated rings. The monoisotopic (exact) mass is 188 g/mol. The van der Waals surface area contributed by atoms with Crippen LogP contribution in [0.3, 0.4) is 0 Å². The van der Waals surface area contributed by atoms with Crippen LogP contribution < -0.4 is 0 Å². The number of carbonyl (C=O) groups excluding carboxylic acids is 1. The number of carbonyl (C=O) groups is 1. The summed E-state index contributed by atoms with van der Waals surface area (Å²) in [6, 6.07) is 0. The molecule has 0 aromatic rings. The molecule has 0 saturated heterocycles. The lowest BCUT2D eigenvalue weighted by Crippen LogP contribution is -2.04. The fourth-order valence-corrected chi connectivity index (χ4v) is 0.953. The van der Waals surface area contributed by atoms with Gasteiger partial charge in [-0.15, -0.1) is 0 Å². The van der Waals surface area contributed by atoms with E-state index in [1.165, 1.54) is 0 Å². The number of rotatable bonds is 8. The van der Waals surface area contributed by atoms with Crippen molar-refractivity contribution in [2.45, 2.75) is 39.5 Å². The van der Waals surface area contributed by atoms with Crippen LogP contribution in [0.5, 0.6) is 0 Å². The first-order valence-corrected chi connectivity index (χ1v) is 5.04. The van der Waals surface area contributed by atoms with Crippen LogP contribution in [-0.4, -0.2) is 25.8 Å². The number of unbranched alkanes of at least 4 members (excludes halogenated alkanes) is 1. The second kappa shape index (κ2) is 9.52. The number of hydrogen-bond acceptors (Lipinski definition) is 3. The smallest absolute Gasteiger partial charge is 0.305 e. The molecule has 3 nitrogen and oxygen atoms in total. The molecule has 0 radical (unpaired) electrons. The van der Waals surface area contributed by atoms with Crippen LogP contribution in [0.15, 0.2) is 0 Å². The zero-order valence-corrected chi connectivity index (χ0v) is 8.67. The van der Waals surface area contributed by atoms with Gasteiger partial charge in [-0.1, -0.05) is 6.92 Å². The van der Waals surface area contributed by atoms with Gasteiger partial charge in [0.25, 0.3) is 0 Å². The molecule has 0 aromatic heterocycles. The minimum atomic E-state index is -0.0991. The first-order valence-electron chi connectivity index (χ1n) is 5.04. The number of hydrogen-bond donors (Lipinski definition) is 0. The van der Waals surface area contributed by atoms with Crippen LogP contribution in [0.2, 0.25) is 0 Å². The normalized spacial score (nSPS) is 10.0. The molecule has 0 bridgehead atoms. The molecular weight excluding hydrogens is 168 g/mol. The molecule has 0 heterocycles. The molecule has 0 unspecified atom stereocenters. The summed E-state index contributed by atoms with van der Waals surface area (Å²) in [4.78, 5) is 10.9. The molecule has 0 N–H and O–H groups in total. The third-order valence-electron chi connectivity index (χ3n) is 1.57. The molecule has 0 amide bonds. The molecule has 0 aliphatic rings. The van der Waals surface area contributed by atoms with Crippen LogP contribution in [0.25, 0.3) is 0 Å². The summed E-state index contributed by atoms with van der Waals surface area (Å²) in [5, 5.41) is 0. The molecule has 0 aliphatic carbocycles. The molecule has 0 atom stereocenters. The lowest BCUT2D eigenvalue weighted by molar-refractivity contribution is -0.143. The first-order chi connectivity index (χ1) is 6.31. The van der Waals surface area contributed by atoms with Gasteiger partial charge in [0.2, 0.25) is 0 Å². The fraction of sp³-hybridized carbons (Fsp3) is 0.900. The largest absolute Gasteiger partial charge is 0.466 e. The molecule has 0 aliphatic heterocycles. The maximum Gasteiger partial charge on any atom is 0.305 e. The third kappa shape index (κ3) is 9.34. The Morgan fingerprint density at radius 2 is 1.92 bits per heavy atom. The number of esters is 1. The van der Waals surface area contributed by atoms with Crippen molar-refractivity contribution in [2.75, 3.05) is 19.8 Å². The lowest BCUT2D eigenvalue weighted by Gasteiger charge is -2.02. The van der Waals surface area contributed by atoms with Gasteiger partial charge in [-0.05, 0) is 26.2 Å². The summed E-state index contributed by atoms with van der Waals surface area (Å²) >= 11 is 0. The molecule has 0 saturated carbocycles. The topological polar surface area (TPSA) is 35.5 Å². The molecule has 0 rings (SSSR count). The van der Waals surface area contributed by atoms with Crippen molar-refractivity contribution in [3.05, 3.63) is 0 Å². The van der Waals surface area contributed by atoms with E-state index >= 15 is 0 Å². The van der Waals surface area contributed by atoms with Crippen LogP contribution in [0, 0.1) is 0 Å². The zero-order chi connectivity index (χ0) is 9.94. The Hall–Kier alpha value is -0.570. The first kappa shape index (κ1) is 12.4. The van der Waals surface area contributed by atoms with Crippen molar-refractivity contribution in [2.24, 2.45) is 0 Å². The predicted octanol–water partition coefficient (Wildman–Crippen LogP) is 2.15. The van der Waals surface area contributed by atoms with E-state index in [0.717, 1.165) is 32.5 Å². The highest BCUT2D eigenvalue weighted by atomic mass is 16.5. The van der Waals surface area contributed by atoms with Gasteiger partial charge >= 0.3 is 5.97 Å². The van der Waals surface area contributed by atoms with Gasteiger partial charge in [-0.2, -0.15) is 0 Å². The summed E-state index contributed by atoms with van der Waals surface area (Å²) in [5.41, 5.74) is 0. The Kier molecular flexibility index (Phi) is 9.10. The van der Waals surface area contributed by atoms with Crippen LogP contribution >= 0.6 is 0 Å². The lowest BCUT2D eigenvalue weighted by atomic mass is 10.2. The standard InChI is InChI=1S/C10H20O3/c1-3-8-12-9-6-5-7-10(11)13-4-2/h3-9H2,1-2H3. The minimum Gasteiger partial charge on any atom is -0.466 e. The van der Waals surface area contributed by atoms with Crippen LogP contribution in [0.4, 0.5) is 0 Å². The molecule has 3 heteroatoms. The molecule has 0 aromatic carbocycles. The minimum absolute atomic E-state index is 0.0991. The molecular formula is C10H20O3. The van der Waals surface area contributed by atoms with E-state index in [1.54, 1.807) is 0 Å². The van der Waals surface area contributed by atoms with Crippen molar-refractivity contribution in [3.8, 4) is 0 Å². The predicted molar refractivity (Wildman–Crippen MR) is 51.6 cm³/mol. The Bertz CT molecular complexity index is 123. The Balaban J connectivity index is 3.02. The summed E-state index contributed by atoms with van der Waals surface area (Å²) in [5.74, 6) is -0.0991. The zero-order valence-electron chi connectivity index (χ0n) is 8.67. The van der Waals surface area contributed by atoms with Crippen molar-refractivity contribution in [1.82, 2.24) is 0 Å². The van der Waals surface area contributed by atoms with Gasteiger partial charge < -0.3 is 9.47 Å². The highest BCUT2D eigenvalue weighted by molar-refractivity contribution is 5.69. The van der Waals surface area contributed by atoms with Crippen molar-refractivity contribution in [3.63, 3.8) is 0 Å². The fourth-order valence-electron chi connectivity index (χ4n) is 0.953. The van der Waals surface area contributed by atoms with E-state index in [0.29, 0.717) is 13.0 Å². The molecule has 0 spiro atoms. The second-order valence-corrected chi connectivity index (χ2v) is 2.87. The van der Waals surface area contributed by atoms with Crippen molar-refractivity contribution < 1.29 is 14.3 Å². The van der Waals surface area contributed by atoms with Crippen LogP contribution in [0.1, 0.15) is 39.5 Å². The van der Waals surface area contributed by atoms with E-state index in [2.05, 4.69) is 6.92 Å². The Morgan fingerprint density at radius 1 is 1.15 bits per heavy atom. The number of ether oxygens (including phenoxy) is 2. The second-order valence-electron chi connectivity index (χ2n) is 2.87. The van der Waals surface area contributed by atoms with E-state index in [4.69, 9.17) is 9.47 Å². The maximum atomic E-state index is 10.9. The highest BCUT2D eigenvalue weighted by Crippen LogP contribution is 1.98. The summed E-state index contributed by atoms with van der Waals surface area (Å²) in [6.45, 7) is 5.96. The SMILES string of the molecule is CCCOCCCCC(=O)OCC. The van der Waals surface area contributed by atoms with Gasteiger partial charge in [0.1, 0.15) is 0 Å². The average molecular weight is 188 g/mol. The van der Waals surface area contributed by atoms with E-state index in [1.807, 2.05) is 6.92 Å².